The smallest absolute Gasteiger partial charge is 0.230 e. The van der Waals surface area contributed by atoms with Crippen LogP contribution in [0.4, 0.5) is 5.69 Å². The van der Waals surface area contributed by atoms with Gasteiger partial charge in [0.05, 0.1) is 29.5 Å². The fraction of sp³-hybridized carbons (Fsp3) is 0.118. The van der Waals surface area contributed by atoms with Crippen molar-refractivity contribution in [1.29, 1.82) is 0 Å². The molecule has 3 aromatic rings. The lowest BCUT2D eigenvalue weighted by atomic mass is 10.1. The molecule has 0 saturated carbocycles. The average Bonchev–Trinajstić information content (AvgIpc) is 2.48. The first kappa shape index (κ1) is 13.2. The van der Waals surface area contributed by atoms with Crippen LogP contribution in [0.5, 0.6) is 0 Å². The molecule has 4 nitrogen and oxygen atoms in total. The number of amides is 1. The van der Waals surface area contributed by atoms with Gasteiger partial charge in [-0.15, -0.1) is 0 Å². The maximum atomic E-state index is 12.0. The molecule has 0 spiro atoms. The van der Waals surface area contributed by atoms with Gasteiger partial charge >= 0.3 is 0 Å². The highest BCUT2D eigenvalue weighted by Crippen LogP contribution is 2.15. The van der Waals surface area contributed by atoms with Gasteiger partial charge in [-0.25, -0.2) is 0 Å². The number of benzene rings is 1. The van der Waals surface area contributed by atoms with Crippen LogP contribution in [-0.4, -0.2) is 15.9 Å². The highest BCUT2D eigenvalue weighted by molar-refractivity contribution is 5.92. The van der Waals surface area contributed by atoms with Crippen molar-refractivity contribution in [3.8, 4) is 0 Å². The van der Waals surface area contributed by atoms with Crippen molar-refractivity contribution in [2.24, 2.45) is 0 Å². The molecule has 0 saturated heterocycles. The molecule has 2 heterocycles. The fourth-order valence-corrected chi connectivity index (χ4v) is 2.19. The predicted octanol–water partition coefficient (Wildman–Crippen LogP) is 3.12. The third kappa shape index (κ3) is 3.23. The summed E-state index contributed by atoms with van der Waals surface area (Å²) in [5.41, 5.74) is 3.56. The Balaban J connectivity index is 1.75. The largest absolute Gasteiger partial charge is 0.324 e. The first-order chi connectivity index (χ1) is 10.2. The summed E-state index contributed by atoms with van der Waals surface area (Å²) in [6.45, 7) is 2.05. The zero-order chi connectivity index (χ0) is 14.7. The molecule has 1 N–H and O–H groups in total. The molecule has 0 atom stereocenters. The maximum Gasteiger partial charge on any atom is 0.230 e. The summed E-state index contributed by atoms with van der Waals surface area (Å²) in [6.07, 6.45) is 3.54. The number of aromatic nitrogens is 2. The third-order valence-electron chi connectivity index (χ3n) is 3.19. The molecule has 104 valence electrons. The summed E-state index contributed by atoms with van der Waals surface area (Å²) in [7, 11) is 0. The first-order valence-electron chi connectivity index (χ1n) is 6.77. The number of nitrogens with zero attached hydrogens (tertiary/aromatic N) is 2. The first-order valence-corrected chi connectivity index (χ1v) is 6.77. The van der Waals surface area contributed by atoms with Gasteiger partial charge in [-0.3, -0.25) is 14.8 Å². The fourth-order valence-electron chi connectivity index (χ4n) is 2.19. The van der Waals surface area contributed by atoms with E-state index in [-0.39, 0.29) is 12.3 Å². The molecule has 1 aromatic carbocycles. The number of hydrogen-bond acceptors (Lipinski definition) is 3. The van der Waals surface area contributed by atoms with Crippen LogP contribution in [0.2, 0.25) is 0 Å². The number of hydrogen-bond donors (Lipinski definition) is 1. The van der Waals surface area contributed by atoms with Crippen molar-refractivity contribution < 1.29 is 4.79 Å². The SMILES string of the molecule is Cc1ccc2nc(CC(=O)Nc3cccnc3)ccc2c1. The number of carbonyl (C=O) groups is 1. The number of aryl methyl sites for hydroxylation is 1. The molecule has 0 bridgehead atoms. The number of anilines is 1. The molecular weight excluding hydrogens is 262 g/mol. The minimum Gasteiger partial charge on any atom is -0.324 e. The van der Waals surface area contributed by atoms with Gasteiger partial charge in [-0.1, -0.05) is 17.7 Å². The highest BCUT2D eigenvalue weighted by Gasteiger charge is 2.06. The van der Waals surface area contributed by atoms with E-state index >= 15 is 0 Å². The maximum absolute atomic E-state index is 12.0. The van der Waals surface area contributed by atoms with E-state index in [1.54, 1.807) is 18.5 Å². The van der Waals surface area contributed by atoms with E-state index in [0.717, 1.165) is 16.6 Å². The lowest BCUT2D eigenvalue weighted by Crippen LogP contribution is -2.15. The average molecular weight is 277 g/mol. The standard InChI is InChI=1S/C17H15N3O/c1-12-4-7-16-13(9-12)5-6-14(19-16)10-17(21)20-15-3-2-8-18-11-15/h2-9,11H,10H2,1H3,(H,20,21). The van der Waals surface area contributed by atoms with Gasteiger partial charge < -0.3 is 5.32 Å². The van der Waals surface area contributed by atoms with E-state index in [1.165, 1.54) is 5.56 Å². The molecule has 0 fully saturated rings. The number of carbonyl (C=O) groups excluding carboxylic acids is 1. The van der Waals surface area contributed by atoms with Gasteiger partial charge in [0.15, 0.2) is 0 Å². The zero-order valence-electron chi connectivity index (χ0n) is 11.7. The molecule has 1 amide bonds. The van der Waals surface area contributed by atoms with E-state index in [2.05, 4.69) is 28.3 Å². The van der Waals surface area contributed by atoms with Crippen LogP contribution in [0.3, 0.4) is 0 Å². The number of nitrogens with one attached hydrogen (secondary N) is 1. The monoisotopic (exact) mass is 277 g/mol. The van der Waals surface area contributed by atoms with Crippen LogP contribution >= 0.6 is 0 Å². The molecule has 0 aliphatic heterocycles. The topological polar surface area (TPSA) is 54.9 Å². The van der Waals surface area contributed by atoms with Gasteiger partial charge in [0.25, 0.3) is 0 Å². The lowest BCUT2D eigenvalue weighted by molar-refractivity contribution is -0.115. The number of fused-ring (bicyclic) bond motifs is 1. The van der Waals surface area contributed by atoms with Gasteiger partial charge in [0, 0.05) is 11.6 Å². The van der Waals surface area contributed by atoms with E-state index in [9.17, 15) is 4.79 Å². The number of rotatable bonds is 3. The second-order valence-electron chi connectivity index (χ2n) is 4.97. The highest BCUT2D eigenvalue weighted by atomic mass is 16.1. The van der Waals surface area contributed by atoms with Crippen molar-refractivity contribution >= 4 is 22.5 Å². The van der Waals surface area contributed by atoms with Crippen LogP contribution in [0.25, 0.3) is 10.9 Å². The molecule has 0 unspecified atom stereocenters. The Morgan fingerprint density at radius 2 is 2.10 bits per heavy atom. The molecule has 4 heteroatoms. The van der Waals surface area contributed by atoms with Gasteiger partial charge in [-0.2, -0.15) is 0 Å². The van der Waals surface area contributed by atoms with E-state index < -0.39 is 0 Å². The van der Waals surface area contributed by atoms with Crippen molar-refractivity contribution in [2.45, 2.75) is 13.3 Å². The van der Waals surface area contributed by atoms with Crippen molar-refractivity contribution in [1.82, 2.24) is 9.97 Å². The summed E-state index contributed by atoms with van der Waals surface area (Å²) >= 11 is 0. The van der Waals surface area contributed by atoms with Crippen LogP contribution in [0, 0.1) is 6.92 Å². The van der Waals surface area contributed by atoms with E-state index in [0.29, 0.717) is 5.69 Å². The van der Waals surface area contributed by atoms with Gasteiger partial charge in [-0.05, 0) is 37.3 Å². The van der Waals surface area contributed by atoms with Crippen LogP contribution < -0.4 is 5.32 Å². The predicted molar refractivity (Wildman–Crippen MR) is 83.1 cm³/mol. The second-order valence-corrected chi connectivity index (χ2v) is 4.97. The minimum atomic E-state index is -0.0954. The Morgan fingerprint density at radius 1 is 1.19 bits per heavy atom. The molecule has 0 aliphatic rings. The normalized spacial score (nSPS) is 10.5. The van der Waals surface area contributed by atoms with Gasteiger partial charge in [0.2, 0.25) is 5.91 Å². The number of pyridine rings is 2. The Kier molecular flexibility index (Phi) is 3.60. The van der Waals surface area contributed by atoms with Crippen LogP contribution in [-0.2, 0) is 11.2 Å². The summed E-state index contributed by atoms with van der Waals surface area (Å²) in [5.74, 6) is -0.0954. The Bertz CT molecular complexity index is 784. The summed E-state index contributed by atoms with van der Waals surface area (Å²) in [4.78, 5) is 20.5. The van der Waals surface area contributed by atoms with Crippen molar-refractivity contribution in [3.63, 3.8) is 0 Å². The molecule has 2 aromatic heterocycles. The zero-order valence-corrected chi connectivity index (χ0v) is 11.7. The van der Waals surface area contributed by atoms with Crippen LogP contribution in [0.15, 0.2) is 54.9 Å². The Morgan fingerprint density at radius 3 is 2.90 bits per heavy atom. The summed E-state index contributed by atoms with van der Waals surface area (Å²) in [5, 5.41) is 3.90. The van der Waals surface area contributed by atoms with Gasteiger partial charge in [0.1, 0.15) is 0 Å². The van der Waals surface area contributed by atoms with Crippen molar-refractivity contribution in [3.05, 3.63) is 66.1 Å². The summed E-state index contributed by atoms with van der Waals surface area (Å²) in [6, 6.07) is 13.6. The Labute approximate surface area is 122 Å². The quantitative estimate of drug-likeness (QED) is 0.800. The molecule has 3 rings (SSSR count). The van der Waals surface area contributed by atoms with E-state index in [1.807, 2.05) is 30.3 Å². The molecule has 0 radical (unpaired) electrons. The molecule has 21 heavy (non-hydrogen) atoms. The van der Waals surface area contributed by atoms with Crippen molar-refractivity contribution in [2.75, 3.05) is 5.32 Å². The van der Waals surface area contributed by atoms with Crippen LogP contribution in [0.1, 0.15) is 11.3 Å². The Hall–Kier alpha value is -2.75. The summed E-state index contributed by atoms with van der Waals surface area (Å²) < 4.78 is 0. The third-order valence-corrected chi connectivity index (χ3v) is 3.19. The lowest BCUT2D eigenvalue weighted by Gasteiger charge is -2.05. The molecular formula is C17H15N3O. The second kappa shape index (κ2) is 5.71. The molecule has 0 aliphatic carbocycles. The van der Waals surface area contributed by atoms with E-state index in [4.69, 9.17) is 0 Å². The minimum absolute atomic E-state index is 0.0954.